The van der Waals surface area contributed by atoms with E-state index in [2.05, 4.69) is 68.6 Å². The van der Waals surface area contributed by atoms with E-state index in [-0.39, 0.29) is 20.1 Å². The van der Waals surface area contributed by atoms with Crippen LogP contribution in [0.5, 0.6) is 0 Å². The molecule has 0 saturated heterocycles. The summed E-state index contributed by atoms with van der Waals surface area (Å²) in [5.74, 6) is 7.93. The van der Waals surface area contributed by atoms with E-state index in [0.717, 1.165) is 61.4 Å². The standard InChI is InChI=1S/C26H21GeN4O.C11H8N.Ir/c1-27(2,3)17-12-13-19-20-10-7-11-21(24(20)32-23(19)14-17)25-30-22-15-28-16-29-26(22)31(25)18-8-5-4-6-9-18;1-2-6-10(7-3-1)11-8-4-5-9-12-11;/h4-10,12-16H,1-3H3;1-6,8-9H;/q2*-1;. The Hall–Kier alpha value is -4.43. The SMILES string of the molecule is [CH3][Ge]([CH3])([CH3])[c]1ccc2c(c1)oc1c(-c3nc4cncnc4n3-c3ccccc3)[c-]ccc12.[Ir].[c-]1ccccc1-c1ccccn1. The molecule has 0 bridgehead atoms. The van der Waals surface area contributed by atoms with Crippen LogP contribution in [0.1, 0.15) is 0 Å². The van der Waals surface area contributed by atoms with Gasteiger partial charge in [0.05, 0.1) is 0 Å². The second-order valence-electron chi connectivity index (χ2n) is 11.5. The summed E-state index contributed by atoms with van der Waals surface area (Å²) in [5, 5.41) is 2.19. The van der Waals surface area contributed by atoms with E-state index in [1.165, 1.54) is 4.40 Å². The zero-order valence-electron chi connectivity index (χ0n) is 25.0. The van der Waals surface area contributed by atoms with Crippen LogP contribution < -0.4 is 4.40 Å². The van der Waals surface area contributed by atoms with E-state index < -0.39 is 13.3 Å². The fourth-order valence-electron chi connectivity index (χ4n) is 5.27. The zero-order chi connectivity index (χ0) is 30.1. The molecule has 1 radical (unpaired) electrons. The van der Waals surface area contributed by atoms with E-state index in [0.29, 0.717) is 0 Å². The Morgan fingerprint density at radius 1 is 0.778 bits per heavy atom. The molecule has 0 aliphatic rings. The van der Waals surface area contributed by atoms with Gasteiger partial charge in [0.1, 0.15) is 0 Å². The third-order valence-corrected chi connectivity index (χ3v) is 11.8. The predicted molar refractivity (Wildman–Crippen MR) is 180 cm³/mol. The molecule has 4 aromatic carbocycles. The summed E-state index contributed by atoms with van der Waals surface area (Å²) in [6.07, 6.45) is 5.08. The van der Waals surface area contributed by atoms with Gasteiger partial charge in [0.15, 0.2) is 0 Å². The molecule has 0 fully saturated rings. The molecule has 6 nitrogen and oxygen atoms in total. The monoisotopic (exact) mass is 826 g/mol. The van der Waals surface area contributed by atoms with Crippen LogP contribution in [0.2, 0.25) is 17.3 Å². The first-order valence-corrected chi connectivity index (χ1v) is 21.8. The second-order valence-corrected chi connectivity index (χ2v) is 22.1. The third-order valence-electron chi connectivity index (χ3n) is 7.51. The van der Waals surface area contributed by atoms with Gasteiger partial charge in [-0.05, 0) is 11.8 Å². The molecule has 4 aromatic heterocycles. The number of aromatic nitrogens is 5. The zero-order valence-corrected chi connectivity index (χ0v) is 29.5. The van der Waals surface area contributed by atoms with Gasteiger partial charge in [-0.3, -0.25) is 0 Å². The number of imidazole rings is 1. The fraction of sp³-hybridized carbons (Fsp3) is 0.0811. The van der Waals surface area contributed by atoms with Crippen molar-refractivity contribution in [2.75, 3.05) is 0 Å². The van der Waals surface area contributed by atoms with Gasteiger partial charge in [-0.1, -0.05) is 12.1 Å². The van der Waals surface area contributed by atoms with Gasteiger partial charge in [0.25, 0.3) is 0 Å². The minimum absolute atomic E-state index is 0. The van der Waals surface area contributed by atoms with Crippen molar-refractivity contribution >= 4 is 50.8 Å². The van der Waals surface area contributed by atoms with Crippen LogP contribution in [0.25, 0.3) is 61.4 Å². The van der Waals surface area contributed by atoms with Crippen LogP contribution in [-0.4, -0.2) is 37.8 Å². The van der Waals surface area contributed by atoms with Crippen molar-refractivity contribution in [1.29, 1.82) is 0 Å². The third kappa shape index (κ3) is 6.12. The van der Waals surface area contributed by atoms with E-state index in [1.54, 1.807) is 18.7 Å². The van der Waals surface area contributed by atoms with Gasteiger partial charge in [-0.25, -0.2) is 0 Å². The van der Waals surface area contributed by atoms with Crippen LogP contribution in [0.4, 0.5) is 0 Å². The molecule has 0 atom stereocenters. The largest absolute Gasteiger partial charge is 0.305 e. The molecular formula is C37H29GeIrN5O-2. The van der Waals surface area contributed by atoms with Gasteiger partial charge < -0.3 is 4.98 Å². The Labute approximate surface area is 277 Å². The number of furan rings is 1. The number of hydrogen-bond donors (Lipinski definition) is 0. The molecule has 0 spiro atoms. The van der Waals surface area contributed by atoms with E-state index in [9.17, 15) is 0 Å². The molecule has 0 aliphatic carbocycles. The van der Waals surface area contributed by atoms with E-state index >= 15 is 0 Å². The average Bonchev–Trinajstić information content (AvgIpc) is 3.64. The molecule has 8 heteroatoms. The van der Waals surface area contributed by atoms with Crippen molar-refractivity contribution in [3.05, 3.63) is 134 Å². The molecule has 45 heavy (non-hydrogen) atoms. The molecule has 223 valence electrons. The maximum Gasteiger partial charge on any atom is 0.0160 e. The minimum atomic E-state index is -1.98. The normalized spacial score (nSPS) is 11.3. The number of benzene rings is 4. The van der Waals surface area contributed by atoms with Crippen molar-refractivity contribution in [3.8, 4) is 28.3 Å². The van der Waals surface area contributed by atoms with Crippen molar-refractivity contribution in [2.45, 2.75) is 17.3 Å². The molecule has 0 N–H and O–H groups in total. The average molecular weight is 825 g/mol. The second kappa shape index (κ2) is 12.9. The van der Waals surface area contributed by atoms with E-state index in [4.69, 9.17) is 9.40 Å². The number of nitrogens with zero attached hydrogens (tertiary/aromatic N) is 5. The molecule has 0 unspecified atom stereocenters. The Morgan fingerprint density at radius 2 is 1.60 bits per heavy atom. The Bertz CT molecular complexity index is 2170. The van der Waals surface area contributed by atoms with Crippen LogP contribution in [0.15, 0.2) is 126 Å². The van der Waals surface area contributed by atoms with Gasteiger partial charge in [-0.2, -0.15) is 0 Å². The Kier molecular flexibility index (Phi) is 8.77. The molecule has 0 aliphatic heterocycles. The van der Waals surface area contributed by atoms with Gasteiger partial charge in [0, 0.05) is 26.3 Å². The molecule has 8 rings (SSSR count). The van der Waals surface area contributed by atoms with Crippen molar-refractivity contribution < 1.29 is 24.5 Å². The summed E-state index contributed by atoms with van der Waals surface area (Å²) in [6.45, 7) is 0. The Morgan fingerprint density at radius 3 is 2.36 bits per heavy atom. The summed E-state index contributed by atoms with van der Waals surface area (Å²) >= 11 is -1.98. The predicted octanol–water partition coefficient (Wildman–Crippen LogP) is 8.27. The van der Waals surface area contributed by atoms with Crippen LogP contribution in [0.3, 0.4) is 0 Å². The molecule has 4 heterocycles. The molecule has 8 aromatic rings. The van der Waals surface area contributed by atoms with Crippen LogP contribution in [0, 0.1) is 12.1 Å². The smallest absolute Gasteiger partial charge is 0.0160 e. The Balaban J connectivity index is 0.000000231. The summed E-state index contributed by atoms with van der Waals surface area (Å²) in [5.41, 5.74) is 7.01. The van der Waals surface area contributed by atoms with E-state index in [1.807, 2.05) is 83.4 Å². The van der Waals surface area contributed by atoms with Gasteiger partial charge in [-0.15, -0.1) is 35.9 Å². The van der Waals surface area contributed by atoms with Crippen molar-refractivity contribution in [3.63, 3.8) is 0 Å². The first-order valence-electron chi connectivity index (χ1n) is 14.5. The first-order chi connectivity index (χ1) is 21.5. The topological polar surface area (TPSA) is 69.6 Å². The summed E-state index contributed by atoms with van der Waals surface area (Å²) in [6, 6.07) is 41.0. The number of hydrogen-bond acceptors (Lipinski definition) is 5. The number of para-hydroxylation sites is 1. The number of rotatable bonds is 4. The van der Waals surface area contributed by atoms with Crippen molar-refractivity contribution in [2.24, 2.45) is 0 Å². The number of pyridine rings is 1. The van der Waals surface area contributed by atoms with Gasteiger partial charge >= 0.3 is 188 Å². The van der Waals surface area contributed by atoms with Crippen molar-refractivity contribution in [1.82, 2.24) is 24.5 Å². The summed E-state index contributed by atoms with van der Waals surface area (Å²) < 4.78 is 9.94. The first kappa shape index (κ1) is 30.6. The van der Waals surface area contributed by atoms with Gasteiger partial charge in [0.2, 0.25) is 0 Å². The quantitative estimate of drug-likeness (QED) is 0.132. The van der Waals surface area contributed by atoms with Crippen LogP contribution >= 0.6 is 0 Å². The molecule has 0 saturated carbocycles. The summed E-state index contributed by atoms with van der Waals surface area (Å²) in [7, 11) is 0. The molecule has 0 amide bonds. The summed E-state index contributed by atoms with van der Waals surface area (Å²) in [4.78, 5) is 17.8. The van der Waals surface area contributed by atoms with Crippen LogP contribution in [-0.2, 0) is 20.1 Å². The minimum Gasteiger partial charge on any atom is -0.305 e. The maximum atomic E-state index is 6.47. The molecular weight excluding hydrogens is 795 g/mol. The fourth-order valence-corrected chi connectivity index (χ4v) is 7.68. The number of fused-ring (bicyclic) bond motifs is 4. The maximum absolute atomic E-state index is 6.47.